The molecule has 3 rings (SSSR count). The highest BCUT2D eigenvalue weighted by atomic mass is 16.5. The number of benzene rings is 1. The van der Waals surface area contributed by atoms with Crippen molar-refractivity contribution in [3.8, 4) is 5.75 Å². The van der Waals surface area contributed by atoms with Crippen LogP contribution in [0.3, 0.4) is 0 Å². The van der Waals surface area contributed by atoms with Crippen LogP contribution in [0.25, 0.3) is 11.0 Å². The first-order chi connectivity index (χ1) is 10.7. The molecular weight excluding hydrogens is 282 g/mol. The van der Waals surface area contributed by atoms with Crippen molar-refractivity contribution in [3.05, 3.63) is 54.2 Å². The van der Waals surface area contributed by atoms with Crippen molar-refractivity contribution >= 4 is 16.9 Å². The van der Waals surface area contributed by atoms with Crippen LogP contribution in [0.4, 0.5) is 0 Å². The monoisotopic (exact) mass is 299 g/mol. The number of nitrogens with one attached hydrogen (secondary N) is 1. The second kappa shape index (κ2) is 5.97. The Balaban J connectivity index is 1.74. The van der Waals surface area contributed by atoms with E-state index in [1.165, 1.54) is 0 Å². The van der Waals surface area contributed by atoms with Crippen molar-refractivity contribution < 1.29 is 18.4 Å². The molecule has 0 saturated heterocycles. The highest BCUT2D eigenvalue weighted by Gasteiger charge is 2.17. The summed E-state index contributed by atoms with van der Waals surface area (Å²) in [7, 11) is 1.57. The van der Waals surface area contributed by atoms with Gasteiger partial charge >= 0.3 is 0 Å². The summed E-state index contributed by atoms with van der Waals surface area (Å²) in [6, 6.07) is 10.9. The predicted octanol–water partition coefficient (Wildman–Crippen LogP) is 3.40. The van der Waals surface area contributed by atoms with E-state index in [0.29, 0.717) is 17.8 Å². The van der Waals surface area contributed by atoms with Gasteiger partial charge in [-0.3, -0.25) is 4.79 Å². The van der Waals surface area contributed by atoms with E-state index >= 15 is 0 Å². The van der Waals surface area contributed by atoms with Crippen LogP contribution in [0.15, 0.2) is 51.5 Å². The number of carbonyl (C=O) groups excluding carboxylic acids is 1. The topological polar surface area (TPSA) is 64.6 Å². The first-order valence-electron chi connectivity index (χ1n) is 7.07. The Hall–Kier alpha value is -2.69. The van der Waals surface area contributed by atoms with Crippen molar-refractivity contribution in [2.75, 3.05) is 7.11 Å². The number of furan rings is 2. The van der Waals surface area contributed by atoms with Gasteiger partial charge in [-0.05, 0) is 31.2 Å². The van der Waals surface area contributed by atoms with E-state index in [0.717, 1.165) is 11.1 Å². The molecular formula is C17H17NO4. The van der Waals surface area contributed by atoms with Crippen LogP contribution < -0.4 is 10.1 Å². The van der Waals surface area contributed by atoms with E-state index in [4.69, 9.17) is 13.6 Å². The summed E-state index contributed by atoms with van der Waals surface area (Å²) in [6.07, 6.45) is 2.25. The van der Waals surface area contributed by atoms with Crippen molar-refractivity contribution in [3.63, 3.8) is 0 Å². The summed E-state index contributed by atoms with van der Waals surface area (Å²) >= 11 is 0. The first kappa shape index (κ1) is 14.3. The lowest BCUT2D eigenvalue weighted by atomic mass is 10.2. The fourth-order valence-corrected chi connectivity index (χ4v) is 2.39. The maximum absolute atomic E-state index is 12.3. The van der Waals surface area contributed by atoms with Crippen LogP contribution in [-0.2, 0) is 6.42 Å². The van der Waals surface area contributed by atoms with Crippen molar-refractivity contribution in [2.45, 2.75) is 19.4 Å². The molecule has 2 aromatic heterocycles. The normalized spacial score (nSPS) is 12.3. The Bertz CT molecular complexity index is 773. The minimum absolute atomic E-state index is 0.0613. The first-order valence-corrected chi connectivity index (χ1v) is 7.07. The van der Waals surface area contributed by atoms with E-state index < -0.39 is 0 Å². The van der Waals surface area contributed by atoms with Gasteiger partial charge in [0.1, 0.15) is 5.76 Å². The Labute approximate surface area is 127 Å². The third kappa shape index (κ3) is 2.83. The maximum atomic E-state index is 12.3. The molecule has 0 aliphatic rings. The number of carbonyl (C=O) groups is 1. The molecule has 0 radical (unpaired) electrons. The molecule has 0 unspecified atom stereocenters. The maximum Gasteiger partial charge on any atom is 0.287 e. The van der Waals surface area contributed by atoms with Gasteiger partial charge in [-0.2, -0.15) is 0 Å². The fourth-order valence-electron chi connectivity index (χ4n) is 2.39. The summed E-state index contributed by atoms with van der Waals surface area (Å²) in [5.74, 6) is 1.46. The Morgan fingerprint density at radius 2 is 2.18 bits per heavy atom. The molecule has 2 heterocycles. The lowest BCUT2D eigenvalue weighted by molar-refractivity contribution is 0.0913. The summed E-state index contributed by atoms with van der Waals surface area (Å²) in [6.45, 7) is 1.92. The molecule has 0 fully saturated rings. The van der Waals surface area contributed by atoms with E-state index in [2.05, 4.69) is 5.32 Å². The minimum atomic E-state index is -0.252. The Morgan fingerprint density at radius 3 is 2.91 bits per heavy atom. The number of rotatable bonds is 5. The molecule has 1 aromatic carbocycles. The Kier molecular flexibility index (Phi) is 3.87. The molecule has 3 aromatic rings. The summed E-state index contributed by atoms with van der Waals surface area (Å²) in [5, 5.41) is 3.74. The average molecular weight is 299 g/mol. The largest absolute Gasteiger partial charge is 0.493 e. The second-order valence-electron chi connectivity index (χ2n) is 5.15. The van der Waals surface area contributed by atoms with Crippen LogP contribution in [0.1, 0.15) is 23.2 Å². The van der Waals surface area contributed by atoms with Gasteiger partial charge in [0.25, 0.3) is 5.91 Å². The lowest BCUT2D eigenvalue weighted by Gasteiger charge is -2.10. The number of para-hydroxylation sites is 1. The van der Waals surface area contributed by atoms with Crippen LogP contribution in [0, 0.1) is 0 Å². The molecule has 1 atom stereocenters. The smallest absolute Gasteiger partial charge is 0.287 e. The predicted molar refractivity (Wildman–Crippen MR) is 82.1 cm³/mol. The van der Waals surface area contributed by atoms with E-state index in [1.807, 2.05) is 31.2 Å². The molecule has 22 heavy (non-hydrogen) atoms. The standard InChI is InChI=1S/C17H17NO4/c1-11(9-13-6-4-8-21-13)18-17(19)15-10-12-5-3-7-14(20-2)16(12)22-15/h3-8,10-11H,9H2,1-2H3,(H,18,19)/t11-/m1/s1. The van der Waals surface area contributed by atoms with Gasteiger partial charge in [0.05, 0.1) is 13.4 Å². The minimum Gasteiger partial charge on any atom is -0.493 e. The second-order valence-corrected chi connectivity index (χ2v) is 5.15. The third-order valence-corrected chi connectivity index (χ3v) is 3.42. The molecule has 5 heteroatoms. The molecule has 0 aliphatic carbocycles. The molecule has 5 nitrogen and oxygen atoms in total. The summed E-state index contributed by atoms with van der Waals surface area (Å²) in [5.41, 5.74) is 0.578. The number of fused-ring (bicyclic) bond motifs is 1. The van der Waals surface area contributed by atoms with Crippen molar-refractivity contribution in [2.24, 2.45) is 0 Å². The van der Waals surface area contributed by atoms with Crippen molar-refractivity contribution in [1.29, 1.82) is 0 Å². The molecule has 0 saturated carbocycles. The van der Waals surface area contributed by atoms with E-state index in [-0.39, 0.29) is 17.7 Å². The zero-order chi connectivity index (χ0) is 15.5. The molecule has 0 bridgehead atoms. The van der Waals surface area contributed by atoms with Gasteiger partial charge in [0.15, 0.2) is 17.1 Å². The van der Waals surface area contributed by atoms with E-state index in [1.54, 1.807) is 25.5 Å². The number of hydrogen-bond donors (Lipinski definition) is 1. The van der Waals surface area contributed by atoms with Crippen LogP contribution in [-0.4, -0.2) is 19.1 Å². The van der Waals surface area contributed by atoms with Crippen LogP contribution >= 0.6 is 0 Å². The van der Waals surface area contributed by atoms with Crippen molar-refractivity contribution in [1.82, 2.24) is 5.32 Å². The average Bonchev–Trinajstić information content (AvgIpc) is 3.15. The number of methoxy groups -OCH3 is 1. The lowest BCUT2D eigenvalue weighted by Crippen LogP contribution is -2.33. The molecule has 1 N–H and O–H groups in total. The van der Waals surface area contributed by atoms with Gasteiger partial charge in [-0.15, -0.1) is 0 Å². The number of amides is 1. The Morgan fingerprint density at radius 1 is 1.32 bits per heavy atom. The van der Waals surface area contributed by atoms with Crippen LogP contribution in [0.5, 0.6) is 5.75 Å². The highest BCUT2D eigenvalue weighted by Crippen LogP contribution is 2.28. The van der Waals surface area contributed by atoms with Gasteiger partial charge in [-0.25, -0.2) is 0 Å². The molecule has 0 aliphatic heterocycles. The fraction of sp³-hybridized carbons (Fsp3) is 0.235. The van der Waals surface area contributed by atoms with Gasteiger partial charge in [0, 0.05) is 17.8 Å². The van der Waals surface area contributed by atoms with Crippen LogP contribution in [0.2, 0.25) is 0 Å². The summed E-state index contributed by atoms with van der Waals surface area (Å²) in [4.78, 5) is 12.3. The highest BCUT2D eigenvalue weighted by molar-refractivity contribution is 5.97. The van der Waals surface area contributed by atoms with Gasteiger partial charge in [-0.1, -0.05) is 12.1 Å². The zero-order valence-electron chi connectivity index (χ0n) is 12.5. The van der Waals surface area contributed by atoms with Gasteiger partial charge < -0.3 is 18.9 Å². The molecule has 1 amide bonds. The summed E-state index contributed by atoms with van der Waals surface area (Å²) < 4.78 is 16.1. The SMILES string of the molecule is COc1cccc2cc(C(=O)N[C@H](C)Cc3ccco3)oc12. The number of ether oxygens (including phenoxy) is 1. The molecule has 0 spiro atoms. The van der Waals surface area contributed by atoms with Gasteiger partial charge in [0.2, 0.25) is 0 Å². The zero-order valence-corrected chi connectivity index (χ0v) is 12.5. The number of hydrogen-bond acceptors (Lipinski definition) is 4. The third-order valence-electron chi connectivity index (χ3n) is 3.42. The molecule has 114 valence electrons. The quantitative estimate of drug-likeness (QED) is 0.784. The van der Waals surface area contributed by atoms with E-state index in [9.17, 15) is 4.79 Å².